The predicted octanol–water partition coefficient (Wildman–Crippen LogP) is 3.84. The number of hydrogen-bond donors (Lipinski definition) is 1. The molecule has 0 amide bonds. The number of rotatable bonds is 4. The van der Waals surface area contributed by atoms with E-state index < -0.39 is 0 Å². The van der Waals surface area contributed by atoms with Crippen LogP contribution in [0.1, 0.15) is 5.56 Å². The van der Waals surface area contributed by atoms with Crippen LogP contribution in [0.3, 0.4) is 0 Å². The molecule has 0 saturated carbocycles. The van der Waals surface area contributed by atoms with Gasteiger partial charge < -0.3 is 5.32 Å². The summed E-state index contributed by atoms with van der Waals surface area (Å²) in [4.78, 5) is 0. The highest BCUT2D eigenvalue weighted by Gasteiger charge is 1.96. The van der Waals surface area contributed by atoms with Crippen LogP contribution in [0.5, 0.6) is 0 Å². The molecule has 0 fully saturated rings. The molecule has 0 aliphatic rings. The van der Waals surface area contributed by atoms with Crippen molar-refractivity contribution in [1.82, 2.24) is 5.32 Å². The molecule has 0 radical (unpaired) electrons. The van der Waals surface area contributed by atoms with E-state index in [0.29, 0.717) is 0 Å². The fourth-order valence-electron chi connectivity index (χ4n) is 1.69. The smallest absolute Gasteiger partial charge is 0.0268 e. The van der Waals surface area contributed by atoms with Crippen LogP contribution in [0.2, 0.25) is 0 Å². The van der Waals surface area contributed by atoms with E-state index in [1.165, 1.54) is 16.3 Å². The van der Waals surface area contributed by atoms with Crippen molar-refractivity contribution in [3.8, 4) is 0 Å². The van der Waals surface area contributed by atoms with E-state index in [9.17, 15) is 0 Å². The van der Waals surface area contributed by atoms with E-state index in [2.05, 4.69) is 70.3 Å². The van der Waals surface area contributed by atoms with Crippen LogP contribution in [0.4, 0.5) is 0 Å². The highest BCUT2D eigenvalue weighted by Crippen LogP contribution is 2.15. The molecule has 0 aliphatic carbocycles. The summed E-state index contributed by atoms with van der Waals surface area (Å²) in [6.07, 6.45) is 0. The Kier molecular flexibility index (Phi) is 3.75. The maximum atomic E-state index is 3.79. The van der Waals surface area contributed by atoms with E-state index in [-0.39, 0.29) is 0 Å². The molecule has 2 aromatic carbocycles. The van der Waals surface area contributed by atoms with Crippen molar-refractivity contribution in [1.29, 1.82) is 0 Å². The van der Waals surface area contributed by atoms with Crippen molar-refractivity contribution in [2.75, 3.05) is 6.54 Å². The van der Waals surface area contributed by atoms with Crippen LogP contribution in [0.25, 0.3) is 10.8 Å². The summed E-state index contributed by atoms with van der Waals surface area (Å²) < 4.78 is 0.980. The van der Waals surface area contributed by atoms with E-state index in [4.69, 9.17) is 0 Å². The Morgan fingerprint density at radius 2 is 1.88 bits per heavy atom. The van der Waals surface area contributed by atoms with Gasteiger partial charge >= 0.3 is 0 Å². The third kappa shape index (κ3) is 2.94. The Balaban J connectivity index is 2.10. The summed E-state index contributed by atoms with van der Waals surface area (Å²) in [6, 6.07) is 14.9. The summed E-state index contributed by atoms with van der Waals surface area (Å²) in [5.41, 5.74) is 1.30. The predicted molar refractivity (Wildman–Crippen MR) is 73.7 cm³/mol. The molecule has 1 N–H and O–H groups in total. The molecule has 2 rings (SSSR count). The van der Waals surface area contributed by atoms with Crippen LogP contribution in [0, 0.1) is 0 Å². The van der Waals surface area contributed by atoms with Crippen molar-refractivity contribution >= 4 is 26.7 Å². The van der Waals surface area contributed by atoms with Gasteiger partial charge in [-0.1, -0.05) is 58.9 Å². The second kappa shape index (κ2) is 5.28. The largest absolute Gasteiger partial charge is 0.308 e. The molecule has 0 bridgehead atoms. The summed E-state index contributed by atoms with van der Waals surface area (Å²) in [5, 5.41) is 5.90. The highest BCUT2D eigenvalue weighted by molar-refractivity contribution is 9.11. The van der Waals surface area contributed by atoms with E-state index in [0.717, 1.165) is 17.6 Å². The normalized spacial score (nSPS) is 10.6. The summed E-state index contributed by atoms with van der Waals surface area (Å²) in [5.74, 6) is 0. The lowest BCUT2D eigenvalue weighted by Gasteiger charge is -2.05. The maximum Gasteiger partial charge on any atom is 0.0268 e. The maximum absolute atomic E-state index is 3.79. The third-order valence-corrected chi connectivity index (χ3v) is 2.74. The average molecular weight is 276 g/mol. The van der Waals surface area contributed by atoms with Crippen molar-refractivity contribution in [2.24, 2.45) is 0 Å². The monoisotopic (exact) mass is 275 g/mol. The van der Waals surface area contributed by atoms with Crippen LogP contribution in [-0.2, 0) is 6.54 Å². The second-order valence-electron chi connectivity index (χ2n) is 3.80. The molecule has 82 valence electrons. The molecule has 0 aliphatic heterocycles. The minimum Gasteiger partial charge on any atom is -0.308 e. The van der Waals surface area contributed by atoms with Crippen molar-refractivity contribution in [3.63, 3.8) is 0 Å². The molecule has 16 heavy (non-hydrogen) atoms. The van der Waals surface area contributed by atoms with Crippen molar-refractivity contribution in [3.05, 3.63) is 59.1 Å². The highest BCUT2D eigenvalue weighted by atomic mass is 79.9. The summed E-state index contributed by atoms with van der Waals surface area (Å²) >= 11 is 3.33. The fourth-order valence-corrected chi connectivity index (χ4v) is 1.89. The van der Waals surface area contributed by atoms with Crippen LogP contribution >= 0.6 is 15.9 Å². The zero-order valence-electron chi connectivity index (χ0n) is 9.04. The molecular weight excluding hydrogens is 262 g/mol. The van der Waals surface area contributed by atoms with Gasteiger partial charge in [0.15, 0.2) is 0 Å². The summed E-state index contributed by atoms with van der Waals surface area (Å²) in [7, 11) is 0. The van der Waals surface area contributed by atoms with Gasteiger partial charge in [0.1, 0.15) is 0 Å². The molecular formula is C14H14BrN. The Labute approximate surface area is 104 Å². The molecule has 2 aromatic rings. The van der Waals surface area contributed by atoms with Gasteiger partial charge in [0, 0.05) is 17.6 Å². The van der Waals surface area contributed by atoms with Crippen molar-refractivity contribution < 1.29 is 0 Å². The van der Waals surface area contributed by atoms with Crippen LogP contribution < -0.4 is 5.32 Å². The number of fused-ring (bicyclic) bond motifs is 1. The quantitative estimate of drug-likeness (QED) is 0.894. The average Bonchev–Trinajstić information content (AvgIpc) is 2.28. The van der Waals surface area contributed by atoms with Gasteiger partial charge in [0.25, 0.3) is 0 Å². The minimum atomic E-state index is 0.798. The first-order valence-electron chi connectivity index (χ1n) is 5.27. The molecule has 1 nitrogen and oxygen atoms in total. The number of halogens is 1. The first-order valence-corrected chi connectivity index (χ1v) is 6.07. The standard InChI is InChI=1S/C14H14BrN/c1-11(15)9-16-10-12-6-7-13-4-2-3-5-14(13)8-12/h2-8,16H,1,9-10H2. The lowest BCUT2D eigenvalue weighted by atomic mass is 10.1. The molecule has 0 heterocycles. The number of hydrogen-bond acceptors (Lipinski definition) is 1. The van der Waals surface area contributed by atoms with Gasteiger partial charge in [-0.3, -0.25) is 0 Å². The molecule has 0 spiro atoms. The van der Waals surface area contributed by atoms with Gasteiger partial charge in [-0.15, -0.1) is 0 Å². The zero-order chi connectivity index (χ0) is 11.4. The lowest BCUT2D eigenvalue weighted by molar-refractivity contribution is 0.758. The third-order valence-electron chi connectivity index (χ3n) is 2.46. The van der Waals surface area contributed by atoms with Gasteiger partial charge in [0.05, 0.1) is 0 Å². The molecule has 0 unspecified atom stereocenters. The van der Waals surface area contributed by atoms with E-state index in [1.807, 2.05) is 0 Å². The molecule has 0 saturated heterocycles. The Hall–Kier alpha value is -1.12. The summed E-state index contributed by atoms with van der Waals surface area (Å²) in [6.45, 7) is 5.46. The van der Waals surface area contributed by atoms with Crippen LogP contribution in [0.15, 0.2) is 53.5 Å². The van der Waals surface area contributed by atoms with Gasteiger partial charge in [-0.2, -0.15) is 0 Å². The Morgan fingerprint density at radius 3 is 2.62 bits per heavy atom. The lowest BCUT2D eigenvalue weighted by Crippen LogP contribution is -2.14. The van der Waals surface area contributed by atoms with Crippen LogP contribution in [-0.4, -0.2) is 6.54 Å². The Bertz CT molecular complexity index is 505. The van der Waals surface area contributed by atoms with E-state index >= 15 is 0 Å². The van der Waals surface area contributed by atoms with E-state index in [1.54, 1.807) is 0 Å². The molecule has 0 aromatic heterocycles. The van der Waals surface area contributed by atoms with Gasteiger partial charge in [0.2, 0.25) is 0 Å². The zero-order valence-corrected chi connectivity index (χ0v) is 10.6. The topological polar surface area (TPSA) is 12.0 Å². The van der Waals surface area contributed by atoms with Gasteiger partial charge in [-0.25, -0.2) is 0 Å². The van der Waals surface area contributed by atoms with Crippen molar-refractivity contribution in [2.45, 2.75) is 6.54 Å². The van der Waals surface area contributed by atoms with Gasteiger partial charge in [-0.05, 0) is 22.4 Å². The molecule has 0 atom stereocenters. The first kappa shape index (κ1) is 11.4. The fraction of sp³-hybridized carbons (Fsp3) is 0.143. The second-order valence-corrected chi connectivity index (χ2v) is 4.92. The Morgan fingerprint density at radius 1 is 1.12 bits per heavy atom. The SMILES string of the molecule is C=C(Br)CNCc1ccc2ccccc2c1. The number of nitrogens with one attached hydrogen (secondary N) is 1. The number of benzene rings is 2. The first-order chi connectivity index (χ1) is 7.75. The molecule has 2 heteroatoms. The minimum absolute atomic E-state index is 0.798.